The molecular weight excluding hydrogens is 356 g/mol. The zero-order chi connectivity index (χ0) is 19.6. The van der Waals surface area contributed by atoms with E-state index in [0.717, 1.165) is 25.9 Å². The van der Waals surface area contributed by atoms with Crippen molar-refractivity contribution in [1.29, 1.82) is 0 Å². The van der Waals surface area contributed by atoms with Crippen molar-refractivity contribution in [3.63, 3.8) is 0 Å². The van der Waals surface area contributed by atoms with Crippen molar-refractivity contribution in [2.45, 2.75) is 25.3 Å². The van der Waals surface area contributed by atoms with Crippen LogP contribution in [-0.4, -0.2) is 47.6 Å². The molecule has 2 heterocycles. The van der Waals surface area contributed by atoms with Gasteiger partial charge >= 0.3 is 5.97 Å². The largest absolute Gasteiger partial charge is 0.480 e. The first-order valence-electron chi connectivity index (χ1n) is 9.64. The molecule has 2 saturated heterocycles. The van der Waals surface area contributed by atoms with E-state index in [1.54, 1.807) is 24.3 Å². The Morgan fingerprint density at radius 3 is 2.46 bits per heavy atom. The minimum Gasteiger partial charge on any atom is -0.480 e. The standard InChI is InChI=1S/C22H24N2O4/c25-20(16-5-4-8-18(13-16)28-17-6-2-1-3-7-17)24-15-22(9-11-23-12-10-22)14-19(24)21(26)27/h1-8,13,19,23H,9-12,14-15H2,(H,26,27)/t19-/m0/s1. The van der Waals surface area contributed by atoms with E-state index in [4.69, 9.17) is 4.74 Å². The van der Waals surface area contributed by atoms with E-state index >= 15 is 0 Å². The molecule has 6 heteroatoms. The molecule has 0 saturated carbocycles. The molecule has 0 bridgehead atoms. The number of nitrogens with one attached hydrogen (secondary N) is 1. The first kappa shape index (κ1) is 18.5. The molecule has 0 unspecified atom stereocenters. The van der Waals surface area contributed by atoms with Gasteiger partial charge in [0.05, 0.1) is 0 Å². The maximum absolute atomic E-state index is 13.2. The molecule has 2 aromatic rings. The Labute approximate surface area is 164 Å². The van der Waals surface area contributed by atoms with Crippen molar-refractivity contribution in [3.8, 4) is 11.5 Å². The number of aliphatic carboxylic acids is 1. The van der Waals surface area contributed by atoms with Crippen LogP contribution in [0.4, 0.5) is 0 Å². The molecule has 28 heavy (non-hydrogen) atoms. The number of piperidine rings is 1. The number of amides is 1. The van der Waals surface area contributed by atoms with Crippen molar-refractivity contribution >= 4 is 11.9 Å². The Balaban J connectivity index is 1.56. The number of para-hydroxylation sites is 1. The summed E-state index contributed by atoms with van der Waals surface area (Å²) in [5, 5.41) is 13.0. The highest BCUT2D eigenvalue weighted by atomic mass is 16.5. The third-order valence-electron chi connectivity index (χ3n) is 5.78. The summed E-state index contributed by atoms with van der Waals surface area (Å²) in [6.45, 7) is 2.23. The molecule has 4 rings (SSSR count). The molecule has 146 valence electrons. The molecule has 0 radical (unpaired) electrons. The Hall–Kier alpha value is -2.86. The van der Waals surface area contributed by atoms with Gasteiger partial charge in [0.1, 0.15) is 17.5 Å². The zero-order valence-corrected chi connectivity index (χ0v) is 15.6. The summed E-state index contributed by atoms with van der Waals surface area (Å²) in [5.41, 5.74) is 0.355. The van der Waals surface area contributed by atoms with Gasteiger partial charge in [-0.05, 0) is 68.1 Å². The highest BCUT2D eigenvalue weighted by Crippen LogP contribution is 2.42. The van der Waals surface area contributed by atoms with Gasteiger partial charge in [0.25, 0.3) is 5.91 Å². The highest BCUT2D eigenvalue weighted by molar-refractivity contribution is 5.97. The second kappa shape index (κ2) is 7.64. The van der Waals surface area contributed by atoms with Crippen molar-refractivity contribution in [2.24, 2.45) is 5.41 Å². The van der Waals surface area contributed by atoms with Gasteiger partial charge < -0.3 is 20.1 Å². The van der Waals surface area contributed by atoms with E-state index in [9.17, 15) is 14.7 Å². The normalized spacial score (nSPS) is 20.9. The lowest BCUT2D eigenvalue weighted by atomic mass is 9.77. The smallest absolute Gasteiger partial charge is 0.326 e. The number of carbonyl (C=O) groups excluding carboxylic acids is 1. The lowest BCUT2D eigenvalue weighted by Gasteiger charge is -2.33. The van der Waals surface area contributed by atoms with Crippen molar-refractivity contribution in [3.05, 3.63) is 60.2 Å². The van der Waals surface area contributed by atoms with Crippen LogP contribution in [0.1, 0.15) is 29.6 Å². The fourth-order valence-electron chi connectivity index (χ4n) is 4.29. The lowest BCUT2D eigenvalue weighted by Crippen LogP contribution is -2.41. The van der Waals surface area contributed by atoms with Crippen LogP contribution in [0.3, 0.4) is 0 Å². The van der Waals surface area contributed by atoms with Gasteiger partial charge in [-0.15, -0.1) is 0 Å². The average molecular weight is 380 g/mol. The van der Waals surface area contributed by atoms with E-state index < -0.39 is 12.0 Å². The van der Waals surface area contributed by atoms with Crippen LogP contribution in [0.15, 0.2) is 54.6 Å². The van der Waals surface area contributed by atoms with Gasteiger partial charge in [-0.1, -0.05) is 24.3 Å². The van der Waals surface area contributed by atoms with Gasteiger partial charge in [0.15, 0.2) is 0 Å². The summed E-state index contributed by atoms with van der Waals surface area (Å²) in [4.78, 5) is 26.6. The minimum absolute atomic E-state index is 0.0951. The van der Waals surface area contributed by atoms with Crippen LogP contribution >= 0.6 is 0 Å². The fraction of sp³-hybridized carbons (Fsp3) is 0.364. The number of hydrogen-bond acceptors (Lipinski definition) is 4. The van der Waals surface area contributed by atoms with Crippen LogP contribution in [0.25, 0.3) is 0 Å². The number of likely N-dealkylation sites (tertiary alicyclic amines) is 1. The van der Waals surface area contributed by atoms with E-state index in [1.807, 2.05) is 30.3 Å². The molecule has 2 aliphatic heterocycles. The van der Waals surface area contributed by atoms with E-state index in [0.29, 0.717) is 30.0 Å². The van der Waals surface area contributed by atoms with Crippen LogP contribution in [-0.2, 0) is 4.79 Å². The maximum atomic E-state index is 13.2. The van der Waals surface area contributed by atoms with Crippen LogP contribution < -0.4 is 10.1 Å². The van der Waals surface area contributed by atoms with Crippen molar-refractivity contribution in [1.82, 2.24) is 10.2 Å². The molecule has 2 aliphatic rings. The predicted octanol–water partition coefficient (Wildman–Crippen LogP) is 3.15. The predicted molar refractivity (Wildman–Crippen MR) is 105 cm³/mol. The summed E-state index contributed by atoms with van der Waals surface area (Å²) in [7, 11) is 0. The molecule has 1 amide bonds. The number of ether oxygens (including phenoxy) is 1. The molecular formula is C22H24N2O4. The van der Waals surface area contributed by atoms with Crippen LogP contribution in [0.2, 0.25) is 0 Å². The number of carboxylic acid groups (broad SMARTS) is 1. The molecule has 1 atom stereocenters. The summed E-state index contributed by atoms with van der Waals surface area (Å²) in [6.07, 6.45) is 2.32. The topological polar surface area (TPSA) is 78.9 Å². The molecule has 1 spiro atoms. The summed E-state index contributed by atoms with van der Waals surface area (Å²) in [6, 6.07) is 15.5. The van der Waals surface area contributed by atoms with Crippen LogP contribution in [0, 0.1) is 5.41 Å². The Morgan fingerprint density at radius 1 is 1.04 bits per heavy atom. The molecule has 2 fully saturated rings. The Bertz CT molecular complexity index is 862. The SMILES string of the molecule is O=C(O)[C@@H]1CC2(CCNCC2)CN1C(=O)c1cccc(Oc2ccccc2)c1. The third-order valence-corrected chi connectivity index (χ3v) is 5.78. The van der Waals surface area contributed by atoms with Gasteiger partial charge in [0, 0.05) is 12.1 Å². The first-order valence-corrected chi connectivity index (χ1v) is 9.64. The van der Waals surface area contributed by atoms with Gasteiger partial charge in [0.2, 0.25) is 0 Å². The number of carboxylic acids is 1. The summed E-state index contributed by atoms with van der Waals surface area (Å²) in [5.74, 6) is 0.0619. The number of hydrogen-bond donors (Lipinski definition) is 2. The van der Waals surface area contributed by atoms with Crippen molar-refractivity contribution in [2.75, 3.05) is 19.6 Å². The maximum Gasteiger partial charge on any atom is 0.326 e. The number of rotatable bonds is 4. The van der Waals surface area contributed by atoms with E-state index in [1.165, 1.54) is 4.90 Å². The van der Waals surface area contributed by atoms with Crippen molar-refractivity contribution < 1.29 is 19.4 Å². The summed E-state index contributed by atoms with van der Waals surface area (Å²) < 4.78 is 5.82. The second-order valence-corrected chi connectivity index (χ2v) is 7.68. The fourth-order valence-corrected chi connectivity index (χ4v) is 4.29. The third kappa shape index (κ3) is 3.73. The van der Waals surface area contributed by atoms with Crippen LogP contribution in [0.5, 0.6) is 11.5 Å². The highest BCUT2D eigenvalue weighted by Gasteiger charge is 2.49. The van der Waals surface area contributed by atoms with Gasteiger partial charge in [-0.2, -0.15) is 0 Å². The molecule has 6 nitrogen and oxygen atoms in total. The van der Waals surface area contributed by atoms with Gasteiger partial charge in [-0.25, -0.2) is 4.79 Å². The van der Waals surface area contributed by atoms with Gasteiger partial charge in [-0.3, -0.25) is 4.79 Å². The molecule has 0 aromatic heterocycles. The van der Waals surface area contributed by atoms with E-state index in [-0.39, 0.29) is 11.3 Å². The first-order chi connectivity index (χ1) is 13.6. The quantitative estimate of drug-likeness (QED) is 0.852. The Kier molecular flexibility index (Phi) is 5.05. The molecule has 2 N–H and O–H groups in total. The number of benzene rings is 2. The molecule has 0 aliphatic carbocycles. The minimum atomic E-state index is -0.930. The Morgan fingerprint density at radius 2 is 1.75 bits per heavy atom. The monoisotopic (exact) mass is 380 g/mol. The van der Waals surface area contributed by atoms with E-state index in [2.05, 4.69) is 5.32 Å². The average Bonchev–Trinajstić information content (AvgIpc) is 3.08. The zero-order valence-electron chi connectivity index (χ0n) is 15.6. The summed E-state index contributed by atoms with van der Waals surface area (Å²) >= 11 is 0. The number of carbonyl (C=O) groups is 2. The molecule has 2 aromatic carbocycles. The second-order valence-electron chi connectivity index (χ2n) is 7.68. The number of nitrogens with zero attached hydrogens (tertiary/aromatic N) is 1. The lowest BCUT2D eigenvalue weighted by molar-refractivity contribution is -0.141.